The van der Waals surface area contributed by atoms with E-state index in [0.717, 1.165) is 82.2 Å². The number of rotatable bonds is 6. The molecule has 0 spiro atoms. The van der Waals surface area contributed by atoms with Crippen LogP contribution in [0, 0.1) is 0 Å². The molecule has 68 heavy (non-hydrogen) atoms. The van der Waals surface area contributed by atoms with Crippen LogP contribution >= 0.6 is 15.9 Å². The zero-order valence-corrected chi connectivity index (χ0v) is 38.1. The van der Waals surface area contributed by atoms with Gasteiger partial charge in [0.25, 0.3) is 0 Å². The lowest BCUT2D eigenvalue weighted by Crippen LogP contribution is -2.02. The Kier molecular flexibility index (Phi) is 8.67. The fourth-order valence-corrected chi connectivity index (χ4v) is 10.8. The summed E-state index contributed by atoms with van der Waals surface area (Å²) in [5.41, 5.74) is 15.7. The minimum atomic E-state index is 0.681. The third-order valence-corrected chi connectivity index (χ3v) is 14.2. The molecule has 0 unspecified atom stereocenters. The highest BCUT2D eigenvalue weighted by Crippen LogP contribution is 2.42. The lowest BCUT2D eigenvalue weighted by atomic mass is 9.98. The normalized spacial score (nSPS) is 11.9. The minimum Gasteiger partial charge on any atom is -0.309 e. The first kappa shape index (κ1) is 38.7. The van der Waals surface area contributed by atoms with E-state index in [1.807, 2.05) is 12.1 Å². The first-order chi connectivity index (χ1) is 33.6. The molecular formula is C62H38BrN5. The van der Waals surface area contributed by atoms with Crippen molar-refractivity contribution in [2.24, 2.45) is 0 Å². The van der Waals surface area contributed by atoms with Crippen molar-refractivity contribution >= 4 is 92.3 Å². The Balaban J connectivity index is 1.00. The van der Waals surface area contributed by atoms with Crippen LogP contribution in [0.4, 0.5) is 0 Å². The average molecular weight is 933 g/mol. The molecule has 0 N–H and O–H groups in total. The summed E-state index contributed by atoms with van der Waals surface area (Å²) >= 11 is 3.62. The smallest absolute Gasteiger partial charge is 0.162 e. The van der Waals surface area contributed by atoms with Crippen molar-refractivity contribution in [1.29, 1.82) is 0 Å². The molecule has 0 aliphatic carbocycles. The van der Waals surface area contributed by atoms with E-state index in [2.05, 4.69) is 248 Å². The van der Waals surface area contributed by atoms with Crippen molar-refractivity contribution < 1.29 is 0 Å². The Bertz CT molecular complexity index is 4100. The molecule has 0 bridgehead atoms. The number of hydrogen-bond acceptors (Lipinski definition) is 2. The van der Waals surface area contributed by atoms with Crippen LogP contribution in [0.15, 0.2) is 235 Å². The monoisotopic (exact) mass is 931 g/mol. The van der Waals surface area contributed by atoms with Crippen LogP contribution in [0.5, 0.6) is 0 Å². The molecule has 0 aliphatic heterocycles. The Morgan fingerprint density at radius 3 is 1.13 bits per heavy atom. The maximum Gasteiger partial charge on any atom is 0.162 e. The second-order valence-corrected chi connectivity index (χ2v) is 18.4. The van der Waals surface area contributed by atoms with Crippen LogP contribution in [-0.2, 0) is 0 Å². The SMILES string of the molecule is Brc1ccc(-c2nc(-n3c4ccc(-c5ccc6c(c5)c5ccccc5n6-c5ccccc5)cc4c4cc(-c5ccc6c(c5)c5ccccc5n6-c5ccccc5)ccc43)c3ccccc3n2)cc1. The quantitative estimate of drug-likeness (QED) is 0.167. The summed E-state index contributed by atoms with van der Waals surface area (Å²) in [6.07, 6.45) is 0. The van der Waals surface area contributed by atoms with Gasteiger partial charge in [-0.2, -0.15) is 0 Å². The molecule has 14 aromatic rings. The summed E-state index contributed by atoms with van der Waals surface area (Å²) in [7, 11) is 0. The van der Waals surface area contributed by atoms with Gasteiger partial charge in [0.05, 0.1) is 38.6 Å². The lowest BCUT2D eigenvalue weighted by molar-refractivity contribution is 1.08. The molecule has 0 aliphatic rings. The van der Waals surface area contributed by atoms with Gasteiger partial charge in [0.15, 0.2) is 5.82 Å². The molecule has 0 atom stereocenters. The predicted octanol–water partition coefficient (Wildman–Crippen LogP) is 16.7. The summed E-state index contributed by atoms with van der Waals surface area (Å²) < 4.78 is 8.10. The molecule has 0 fully saturated rings. The van der Waals surface area contributed by atoms with Gasteiger partial charge in [-0.3, -0.25) is 4.57 Å². The van der Waals surface area contributed by atoms with Crippen molar-refractivity contribution in [2.75, 3.05) is 0 Å². The predicted molar refractivity (Wildman–Crippen MR) is 287 cm³/mol. The van der Waals surface area contributed by atoms with Crippen LogP contribution < -0.4 is 0 Å². The van der Waals surface area contributed by atoms with Crippen LogP contribution in [0.3, 0.4) is 0 Å². The minimum absolute atomic E-state index is 0.681. The lowest BCUT2D eigenvalue weighted by Gasteiger charge is -2.13. The topological polar surface area (TPSA) is 40.6 Å². The molecule has 0 radical (unpaired) electrons. The van der Waals surface area contributed by atoms with Crippen molar-refractivity contribution in [3.8, 4) is 50.8 Å². The van der Waals surface area contributed by atoms with Gasteiger partial charge >= 0.3 is 0 Å². The Hall–Kier alpha value is -8.58. The van der Waals surface area contributed by atoms with Gasteiger partial charge < -0.3 is 9.13 Å². The fraction of sp³-hybridized carbons (Fsp3) is 0. The molecule has 5 nitrogen and oxygen atoms in total. The van der Waals surface area contributed by atoms with Crippen LogP contribution in [0.1, 0.15) is 0 Å². The highest BCUT2D eigenvalue weighted by atomic mass is 79.9. The van der Waals surface area contributed by atoms with Gasteiger partial charge in [0.1, 0.15) is 5.82 Å². The van der Waals surface area contributed by atoms with Gasteiger partial charge in [-0.25, -0.2) is 9.97 Å². The van der Waals surface area contributed by atoms with Crippen molar-refractivity contribution in [3.63, 3.8) is 0 Å². The molecule has 0 saturated carbocycles. The van der Waals surface area contributed by atoms with E-state index in [1.165, 1.54) is 43.6 Å². The van der Waals surface area contributed by atoms with Gasteiger partial charge in [-0.15, -0.1) is 0 Å². The summed E-state index contributed by atoms with van der Waals surface area (Å²) in [5.74, 6) is 1.53. The van der Waals surface area contributed by atoms with Gasteiger partial charge in [-0.05, 0) is 131 Å². The fourth-order valence-electron chi connectivity index (χ4n) is 10.6. The molecular weight excluding hydrogens is 895 g/mol. The van der Waals surface area contributed by atoms with Crippen molar-refractivity contribution in [2.45, 2.75) is 0 Å². The first-order valence-corrected chi connectivity index (χ1v) is 23.7. The number of para-hydroxylation sites is 5. The van der Waals surface area contributed by atoms with Crippen LogP contribution in [0.25, 0.3) is 127 Å². The number of nitrogens with zero attached hydrogens (tertiary/aromatic N) is 5. The number of benzene rings is 10. The number of hydrogen-bond donors (Lipinski definition) is 0. The van der Waals surface area contributed by atoms with Gasteiger partial charge in [-0.1, -0.05) is 137 Å². The highest BCUT2D eigenvalue weighted by molar-refractivity contribution is 9.10. The molecule has 10 aromatic carbocycles. The van der Waals surface area contributed by atoms with Gasteiger partial charge in [0, 0.05) is 59.1 Å². The maximum atomic E-state index is 5.42. The Morgan fingerprint density at radius 1 is 0.279 bits per heavy atom. The summed E-state index contributed by atoms with van der Waals surface area (Å²) in [6.45, 7) is 0. The molecule has 0 amide bonds. The zero-order chi connectivity index (χ0) is 44.9. The summed E-state index contributed by atoms with van der Waals surface area (Å²) in [5, 5.41) is 8.21. The second kappa shape index (κ2) is 15.2. The molecule has 6 heteroatoms. The molecule has 318 valence electrons. The molecule has 4 heterocycles. The Labute approximate surface area is 399 Å². The van der Waals surface area contributed by atoms with Gasteiger partial charge in [0.2, 0.25) is 0 Å². The standard InChI is InChI=1S/C62H38BrN5/c63-44-29-23-39(24-30-44)61-64-54-20-10-7-19-49(54)62(65-61)68-59-33-27-42(40-25-31-57-50(35-40)47-17-8-11-21-55(47)66(57)45-13-3-1-4-14-45)37-52(59)53-38-43(28-34-60(53)68)41-26-32-58-51(36-41)48-18-9-12-22-56(48)67(58)46-15-5-2-6-16-46/h1-38H. The zero-order valence-electron chi connectivity index (χ0n) is 36.6. The van der Waals surface area contributed by atoms with Crippen LogP contribution in [0.2, 0.25) is 0 Å². The molecule has 14 rings (SSSR count). The average Bonchev–Trinajstić information content (AvgIpc) is 4.03. The molecule has 4 aromatic heterocycles. The number of fused-ring (bicyclic) bond motifs is 10. The molecule has 0 saturated heterocycles. The summed E-state index contributed by atoms with van der Waals surface area (Å²) in [4.78, 5) is 10.5. The third kappa shape index (κ3) is 6.01. The van der Waals surface area contributed by atoms with E-state index in [1.54, 1.807) is 0 Å². The third-order valence-electron chi connectivity index (χ3n) is 13.7. The first-order valence-electron chi connectivity index (χ1n) is 22.9. The van der Waals surface area contributed by atoms with E-state index >= 15 is 0 Å². The van der Waals surface area contributed by atoms with E-state index in [0.29, 0.717) is 5.82 Å². The van der Waals surface area contributed by atoms with E-state index < -0.39 is 0 Å². The van der Waals surface area contributed by atoms with E-state index in [4.69, 9.17) is 9.97 Å². The van der Waals surface area contributed by atoms with Crippen LogP contribution in [-0.4, -0.2) is 23.7 Å². The highest BCUT2D eigenvalue weighted by Gasteiger charge is 2.21. The summed E-state index contributed by atoms with van der Waals surface area (Å²) in [6, 6.07) is 83.1. The number of halogens is 1. The van der Waals surface area contributed by atoms with Crippen molar-refractivity contribution in [1.82, 2.24) is 23.7 Å². The largest absolute Gasteiger partial charge is 0.309 e. The van der Waals surface area contributed by atoms with E-state index in [-0.39, 0.29) is 0 Å². The Morgan fingerprint density at radius 2 is 0.647 bits per heavy atom. The van der Waals surface area contributed by atoms with Crippen molar-refractivity contribution in [3.05, 3.63) is 235 Å². The number of aromatic nitrogens is 5. The second-order valence-electron chi connectivity index (χ2n) is 17.5. The maximum absolute atomic E-state index is 5.42. The van der Waals surface area contributed by atoms with E-state index in [9.17, 15) is 0 Å².